The molecule has 0 amide bonds. The Morgan fingerprint density at radius 2 is 2.17 bits per heavy atom. The molecule has 0 saturated heterocycles. The van der Waals surface area contributed by atoms with Crippen molar-refractivity contribution in [3.8, 4) is 0 Å². The zero-order valence-corrected chi connectivity index (χ0v) is 10.3. The minimum absolute atomic E-state index is 0.0331. The molecule has 0 atom stereocenters. The Hall–Kier alpha value is -1.22. The Morgan fingerprint density at radius 1 is 1.50 bits per heavy atom. The SMILES string of the molecule is O=[N+]([O-])c1cc(Cl)nc(NCCSC(F)(F)F)c1. The summed E-state index contributed by atoms with van der Waals surface area (Å²) in [5, 5.41) is 12.9. The first-order chi connectivity index (χ1) is 8.28. The Balaban J connectivity index is 2.55. The molecular formula is C8H7ClF3N3O2S. The van der Waals surface area contributed by atoms with E-state index in [0.717, 1.165) is 12.1 Å². The number of thioether (sulfide) groups is 1. The van der Waals surface area contributed by atoms with Crippen LogP contribution in [0.25, 0.3) is 0 Å². The molecular weight excluding hydrogens is 295 g/mol. The van der Waals surface area contributed by atoms with Crippen LogP contribution in [0.2, 0.25) is 5.15 Å². The molecule has 0 bridgehead atoms. The fourth-order valence-electron chi connectivity index (χ4n) is 1.03. The van der Waals surface area contributed by atoms with E-state index in [1.807, 2.05) is 0 Å². The van der Waals surface area contributed by atoms with Crippen molar-refractivity contribution in [1.29, 1.82) is 0 Å². The van der Waals surface area contributed by atoms with E-state index in [-0.39, 0.29) is 40.7 Å². The second kappa shape index (κ2) is 6.10. The monoisotopic (exact) mass is 301 g/mol. The average molecular weight is 302 g/mol. The van der Waals surface area contributed by atoms with Crippen LogP contribution in [0.15, 0.2) is 12.1 Å². The Kier molecular flexibility index (Phi) is 5.03. The van der Waals surface area contributed by atoms with E-state index in [0.29, 0.717) is 0 Å². The Bertz CT molecular complexity index is 444. The first-order valence-electron chi connectivity index (χ1n) is 4.54. The van der Waals surface area contributed by atoms with Crippen LogP contribution in [0, 0.1) is 10.1 Å². The summed E-state index contributed by atoms with van der Waals surface area (Å²) < 4.78 is 35.5. The molecule has 18 heavy (non-hydrogen) atoms. The molecule has 1 N–H and O–H groups in total. The lowest BCUT2D eigenvalue weighted by Gasteiger charge is -2.07. The highest BCUT2D eigenvalue weighted by atomic mass is 35.5. The first kappa shape index (κ1) is 14.8. The average Bonchev–Trinajstić information content (AvgIpc) is 2.22. The van der Waals surface area contributed by atoms with Gasteiger partial charge < -0.3 is 5.32 Å². The fraction of sp³-hybridized carbons (Fsp3) is 0.375. The summed E-state index contributed by atoms with van der Waals surface area (Å²) >= 11 is 5.35. The van der Waals surface area contributed by atoms with Gasteiger partial charge in [0, 0.05) is 12.3 Å². The minimum Gasteiger partial charge on any atom is -0.369 e. The lowest BCUT2D eigenvalue weighted by molar-refractivity contribution is -0.384. The second-order valence-corrected chi connectivity index (χ2v) is 4.56. The molecule has 1 rings (SSSR count). The third-order valence-electron chi connectivity index (χ3n) is 1.66. The molecule has 0 aliphatic carbocycles. The van der Waals surface area contributed by atoms with Gasteiger partial charge in [-0.05, 0) is 11.8 Å². The smallest absolute Gasteiger partial charge is 0.369 e. The number of pyridine rings is 1. The van der Waals surface area contributed by atoms with Gasteiger partial charge in [0.2, 0.25) is 0 Å². The highest BCUT2D eigenvalue weighted by Gasteiger charge is 2.27. The van der Waals surface area contributed by atoms with Crippen molar-refractivity contribution in [3.05, 3.63) is 27.4 Å². The van der Waals surface area contributed by atoms with Gasteiger partial charge in [-0.2, -0.15) is 13.2 Å². The van der Waals surface area contributed by atoms with E-state index in [2.05, 4.69) is 10.3 Å². The topological polar surface area (TPSA) is 68.1 Å². The van der Waals surface area contributed by atoms with E-state index < -0.39 is 10.4 Å². The number of rotatable bonds is 5. The number of nitrogens with zero attached hydrogens (tertiary/aromatic N) is 2. The van der Waals surface area contributed by atoms with Gasteiger partial charge in [-0.15, -0.1) is 0 Å². The molecule has 0 unspecified atom stereocenters. The summed E-state index contributed by atoms with van der Waals surface area (Å²) in [6.45, 7) is -0.0331. The van der Waals surface area contributed by atoms with Crippen LogP contribution < -0.4 is 5.32 Å². The van der Waals surface area contributed by atoms with E-state index in [1.165, 1.54) is 0 Å². The summed E-state index contributed by atoms with van der Waals surface area (Å²) in [6.07, 6.45) is 0. The number of alkyl halides is 3. The number of anilines is 1. The summed E-state index contributed by atoms with van der Waals surface area (Å²) in [4.78, 5) is 13.6. The number of aromatic nitrogens is 1. The highest BCUT2D eigenvalue weighted by Crippen LogP contribution is 2.29. The number of hydrogen-bond acceptors (Lipinski definition) is 5. The quantitative estimate of drug-likeness (QED) is 0.391. The van der Waals surface area contributed by atoms with E-state index >= 15 is 0 Å². The highest BCUT2D eigenvalue weighted by molar-refractivity contribution is 8.00. The molecule has 0 fully saturated rings. The predicted octanol–water partition coefficient (Wildman–Crippen LogP) is 3.31. The molecule has 0 aliphatic heterocycles. The molecule has 1 aromatic rings. The number of hydrogen-bond donors (Lipinski definition) is 1. The third-order valence-corrected chi connectivity index (χ3v) is 2.59. The standard InChI is InChI=1S/C8H7ClF3N3O2S/c9-6-3-5(15(16)17)4-7(14-6)13-1-2-18-8(10,11)12/h3-4H,1-2H2,(H,13,14). The molecule has 100 valence electrons. The molecule has 10 heteroatoms. The summed E-state index contributed by atoms with van der Waals surface area (Å²) in [5.41, 5.74) is -4.57. The van der Waals surface area contributed by atoms with Gasteiger partial charge in [0.05, 0.1) is 17.1 Å². The van der Waals surface area contributed by atoms with Crippen molar-refractivity contribution in [2.24, 2.45) is 0 Å². The first-order valence-corrected chi connectivity index (χ1v) is 5.91. The van der Waals surface area contributed by atoms with Crippen LogP contribution in [0.4, 0.5) is 24.7 Å². The van der Waals surface area contributed by atoms with Crippen molar-refractivity contribution >= 4 is 34.9 Å². The van der Waals surface area contributed by atoms with Gasteiger partial charge in [-0.25, -0.2) is 4.98 Å². The molecule has 0 saturated carbocycles. The minimum atomic E-state index is -4.30. The summed E-state index contributed by atoms with van der Waals surface area (Å²) in [5.74, 6) is -0.164. The summed E-state index contributed by atoms with van der Waals surface area (Å²) in [6, 6.07) is 2.15. The zero-order valence-electron chi connectivity index (χ0n) is 8.70. The summed E-state index contributed by atoms with van der Waals surface area (Å²) in [7, 11) is 0. The lowest BCUT2D eigenvalue weighted by Crippen LogP contribution is -2.10. The molecule has 0 spiro atoms. The zero-order chi connectivity index (χ0) is 13.8. The predicted molar refractivity (Wildman–Crippen MR) is 62.9 cm³/mol. The van der Waals surface area contributed by atoms with Crippen LogP contribution >= 0.6 is 23.4 Å². The van der Waals surface area contributed by atoms with E-state index in [1.54, 1.807) is 0 Å². The van der Waals surface area contributed by atoms with E-state index in [4.69, 9.17) is 11.6 Å². The van der Waals surface area contributed by atoms with Gasteiger partial charge in [-0.3, -0.25) is 10.1 Å². The fourth-order valence-corrected chi connectivity index (χ4v) is 1.66. The van der Waals surface area contributed by atoms with Crippen molar-refractivity contribution < 1.29 is 18.1 Å². The molecule has 1 heterocycles. The van der Waals surface area contributed by atoms with Crippen LogP contribution in [0.1, 0.15) is 0 Å². The largest absolute Gasteiger partial charge is 0.441 e. The maximum atomic E-state index is 11.8. The van der Waals surface area contributed by atoms with Gasteiger partial charge in [0.25, 0.3) is 5.69 Å². The Labute approximate surface area is 109 Å². The van der Waals surface area contributed by atoms with Gasteiger partial charge in [0.15, 0.2) is 0 Å². The van der Waals surface area contributed by atoms with Crippen molar-refractivity contribution in [1.82, 2.24) is 4.98 Å². The molecule has 0 radical (unpaired) electrons. The van der Waals surface area contributed by atoms with Gasteiger partial charge >= 0.3 is 5.51 Å². The maximum absolute atomic E-state index is 11.8. The van der Waals surface area contributed by atoms with Gasteiger partial charge in [-0.1, -0.05) is 11.6 Å². The van der Waals surface area contributed by atoms with E-state index in [9.17, 15) is 23.3 Å². The van der Waals surface area contributed by atoms with Crippen molar-refractivity contribution in [3.63, 3.8) is 0 Å². The number of nitro groups is 1. The number of nitrogens with one attached hydrogen (secondary N) is 1. The Morgan fingerprint density at radius 3 is 2.72 bits per heavy atom. The second-order valence-electron chi connectivity index (χ2n) is 3.01. The lowest BCUT2D eigenvalue weighted by atomic mass is 10.4. The van der Waals surface area contributed by atoms with Crippen LogP contribution in [-0.2, 0) is 0 Å². The molecule has 0 aromatic carbocycles. The number of halogens is 4. The third kappa shape index (κ3) is 5.41. The molecule has 1 aromatic heterocycles. The maximum Gasteiger partial charge on any atom is 0.441 e. The van der Waals surface area contributed by atoms with Crippen LogP contribution in [0.3, 0.4) is 0 Å². The van der Waals surface area contributed by atoms with Crippen LogP contribution in [-0.4, -0.2) is 27.7 Å². The molecule has 5 nitrogen and oxygen atoms in total. The van der Waals surface area contributed by atoms with Crippen molar-refractivity contribution in [2.45, 2.75) is 5.51 Å². The normalized spacial score (nSPS) is 11.3. The molecule has 0 aliphatic rings. The van der Waals surface area contributed by atoms with Crippen molar-refractivity contribution in [2.75, 3.05) is 17.6 Å². The van der Waals surface area contributed by atoms with Gasteiger partial charge in [0.1, 0.15) is 11.0 Å². The van der Waals surface area contributed by atoms with Crippen LogP contribution in [0.5, 0.6) is 0 Å².